The molecule has 2 bridgehead atoms. The maximum Gasteiger partial charge on any atom is 0.290 e. The van der Waals surface area contributed by atoms with Gasteiger partial charge in [-0.25, -0.2) is 0 Å². The number of aromatic nitrogens is 2. The molecule has 0 saturated carbocycles. The first-order valence-corrected chi connectivity index (χ1v) is 11.9. The van der Waals surface area contributed by atoms with Crippen molar-refractivity contribution in [2.45, 2.75) is 45.2 Å². The summed E-state index contributed by atoms with van der Waals surface area (Å²) in [6.45, 7) is 5.96. The molecule has 1 amide bonds. The number of carboxylic acid groups (broad SMARTS) is 2. The molecule has 0 aliphatic carbocycles. The SMILES string of the molecule is Cc1cc(=O)c(C(=O)N2C[C@@H]3C[C@H](C2)c2ccc(CN4CCCC4)c(=O)n2C3)c[nH]1.O=CO.O=CO. The topological polar surface area (TPSA) is 153 Å². The third-order valence-electron chi connectivity index (χ3n) is 6.85. The summed E-state index contributed by atoms with van der Waals surface area (Å²) in [7, 11) is 0. The highest BCUT2D eigenvalue weighted by Gasteiger charge is 2.37. The fourth-order valence-electron chi connectivity index (χ4n) is 5.37. The second kappa shape index (κ2) is 12.3. The van der Waals surface area contributed by atoms with Crippen LogP contribution in [0.3, 0.4) is 0 Å². The number of pyridine rings is 2. The van der Waals surface area contributed by atoms with Gasteiger partial charge >= 0.3 is 0 Å². The molecule has 2 saturated heterocycles. The lowest BCUT2D eigenvalue weighted by Crippen LogP contribution is -2.50. The lowest BCUT2D eigenvalue weighted by Gasteiger charge is -2.43. The van der Waals surface area contributed by atoms with Gasteiger partial charge in [-0.15, -0.1) is 0 Å². The van der Waals surface area contributed by atoms with Crippen LogP contribution in [0.1, 0.15) is 52.5 Å². The maximum atomic E-state index is 13.2. The molecule has 11 heteroatoms. The van der Waals surface area contributed by atoms with Crippen molar-refractivity contribution in [2.24, 2.45) is 5.92 Å². The molecule has 11 nitrogen and oxygen atoms in total. The van der Waals surface area contributed by atoms with E-state index >= 15 is 0 Å². The van der Waals surface area contributed by atoms with E-state index in [2.05, 4.69) is 16.0 Å². The first-order chi connectivity index (χ1) is 17.3. The molecule has 3 aliphatic rings. The Kier molecular flexibility index (Phi) is 9.18. The molecule has 2 fully saturated rings. The minimum atomic E-state index is -0.250. The van der Waals surface area contributed by atoms with Crippen molar-refractivity contribution in [1.82, 2.24) is 19.4 Å². The van der Waals surface area contributed by atoms with E-state index in [1.165, 1.54) is 25.1 Å². The van der Waals surface area contributed by atoms with Crippen LogP contribution >= 0.6 is 0 Å². The number of hydrogen-bond acceptors (Lipinski definition) is 6. The normalized spacial score (nSPS) is 20.2. The minimum absolute atomic E-state index is 0.129. The Balaban J connectivity index is 0.000000550. The van der Waals surface area contributed by atoms with Crippen molar-refractivity contribution in [3.63, 3.8) is 0 Å². The molecule has 5 rings (SSSR count). The van der Waals surface area contributed by atoms with Crippen LogP contribution in [0.5, 0.6) is 0 Å². The van der Waals surface area contributed by atoms with Gasteiger partial charge in [0.2, 0.25) is 0 Å². The minimum Gasteiger partial charge on any atom is -0.483 e. The Morgan fingerprint density at radius 1 is 1.08 bits per heavy atom. The van der Waals surface area contributed by atoms with Crippen molar-refractivity contribution in [3.05, 3.63) is 67.5 Å². The molecular weight excluding hydrogens is 468 g/mol. The van der Waals surface area contributed by atoms with E-state index in [1.807, 2.05) is 10.6 Å². The van der Waals surface area contributed by atoms with E-state index in [4.69, 9.17) is 19.8 Å². The molecule has 0 aromatic carbocycles. The molecule has 0 unspecified atom stereocenters. The molecule has 5 heterocycles. The van der Waals surface area contributed by atoms with Gasteiger partial charge in [-0.3, -0.25) is 28.9 Å². The number of H-pyrrole nitrogens is 1. The number of amides is 1. The van der Waals surface area contributed by atoms with E-state index in [9.17, 15) is 14.4 Å². The third-order valence-corrected chi connectivity index (χ3v) is 6.85. The number of piperidine rings is 1. The van der Waals surface area contributed by atoms with Crippen LogP contribution in [0.25, 0.3) is 0 Å². The number of hydrogen-bond donors (Lipinski definition) is 3. The molecule has 2 aromatic rings. The van der Waals surface area contributed by atoms with Gasteiger partial charge in [-0.05, 0) is 51.3 Å². The number of aryl methyl sites for hydroxylation is 1. The molecule has 3 N–H and O–H groups in total. The Hall–Kier alpha value is -3.73. The molecule has 0 spiro atoms. The second-order valence-electron chi connectivity index (χ2n) is 9.30. The maximum absolute atomic E-state index is 13.2. The Labute approximate surface area is 208 Å². The van der Waals surface area contributed by atoms with Crippen molar-refractivity contribution in [2.75, 3.05) is 26.2 Å². The molecule has 2 aromatic heterocycles. The summed E-state index contributed by atoms with van der Waals surface area (Å²) in [6, 6.07) is 5.54. The standard InChI is InChI=1S/C23H28N4O3.2CH2O2/c1-15-8-21(28)19(10-24-15)23(30)26-11-16-9-18(14-26)20-5-4-17(22(29)27(20)12-16)13-25-6-2-3-7-25;2*2-1-3/h4-5,8,10,16,18H,2-3,6-7,9,11-14H2,1H3,(H,24,28);2*1H,(H,2,3)/t16-,18+;;/m0../s1. The molecule has 194 valence electrons. The second-order valence-corrected chi connectivity index (χ2v) is 9.30. The van der Waals surface area contributed by atoms with Crippen molar-refractivity contribution < 1.29 is 24.6 Å². The number of rotatable bonds is 3. The van der Waals surface area contributed by atoms with Gasteiger partial charge in [0, 0.05) is 61.3 Å². The van der Waals surface area contributed by atoms with Crippen LogP contribution in [0.15, 0.2) is 34.0 Å². The largest absolute Gasteiger partial charge is 0.483 e. The molecule has 2 atom stereocenters. The first-order valence-electron chi connectivity index (χ1n) is 11.9. The number of carbonyl (C=O) groups is 3. The van der Waals surface area contributed by atoms with E-state index < -0.39 is 0 Å². The number of carbonyl (C=O) groups excluding carboxylic acids is 1. The summed E-state index contributed by atoms with van der Waals surface area (Å²) in [5, 5.41) is 13.8. The van der Waals surface area contributed by atoms with E-state index in [-0.39, 0.29) is 47.2 Å². The summed E-state index contributed by atoms with van der Waals surface area (Å²) in [5.41, 5.74) is 2.72. The highest BCUT2D eigenvalue weighted by Crippen LogP contribution is 2.35. The van der Waals surface area contributed by atoms with Crippen LogP contribution in [0.2, 0.25) is 0 Å². The van der Waals surface area contributed by atoms with Crippen LogP contribution in [-0.4, -0.2) is 74.6 Å². The van der Waals surface area contributed by atoms with Crippen molar-refractivity contribution in [3.8, 4) is 0 Å². The van der Waals surface area contributed by atoms with Crippen molar-refractivity contribution >= 4 is 18.9 Å². The van der Waals surface area contributed by atoms with E-state index in [0.717, 1.165) is 43.0 Å². The fraction of sp³-hybridized carbons (Fsp3) is 0.480. The summed E-state index contributed by atoms with van der Waals surface area (Å²) in [4.78, 5) is 62.3. The number of likely N-dealkylation sites (tertiary alicyclic amines) is 2. The fourth-order valence-corrected chi connectivity index (χ4v) is 5.37. The van der Waals surface area contributed by atoms with Crippen LogP contribution in [-0.2, 0) is 22.7 Å². The lowest BCUT2D eigenvalue weighted by molar-refractivity contribution is -0.123. The van der Waals surface area contributed by atoms with Gasteiger partial charge in [-0.1, -0.05) is 6.07 Å². The number of fused-ring (bicyclic) bond motifs is 4. The predicted molar refractivity (Wildman–Crippen MR) is 131 cm³/mol. The summed E-state index contributed by atoms with van der Waals surface area (Å²) in [6.07, 6.45) is 4.93. The van der Waals surface area contributed by atoms with Crippen molar-refractivity contribution in [1.29, 1.82) is 0 Å². The zero-order valence-electron chi connectivity index (χ0n) is 20.3. The van der Waals surface area contributed by atoms with Gasteiger partial charge in [0.15, 0.2) is 5.43 Å². The smallest absolute Gasteiger partial charge is 0.290 e. The molecular formula is C25H32N4O7. The highest BCUT2D eigenvalue weighted by molar-refractivity contribution is 5.94. The predicted octanol–water partition coefficient (Wildman–Crippen LogP) is 1.10. The van der Waals surface area contributed by atoms with Gasteiger partial charge in [0.05, 0.1) is 0 Å². The molecule has 36 heavy (non-hydrogen) atoms. The number of nitrogens with one attached hydrogen (secondary N) is 1. The lowest BCUT2D eigenvalue weighted by atomic mass is 9.82. The average Bonchev–Trinajstić information content (AvgIpc) is 3.35. The van der Waals surface area contributed by atoms with E-state index in [0.29, 0.717) is 19.6 Å². The van der Waals surface area contributed by atoms with Crippen LogP contribution < -0.4 is 11.0 Å². The number of nitrogens with zero attached hydrogens (tertiary/aromatic N) is 3. The first kappa shape index (κ1) is 26.9. The van der Waals surface area contributed by atoms with E-state index in [1.54, 1.807) is 11.8 Å². The van der Waals surface area contributed by atoms with Crippen LogP contribution in [0.4, 0.5) is 0 Å². The summed E-state index contributed by atoms with van der Waals surface area (Å²) in [5.74, 6) is 0.163. The third kappa shape index (κ3) is 6.09. The zero-order valence-corrected chi connectivity index (χ0v) is 20.3. The van der Waals surface area contributed by atoms with Gasteiger partial charge < -0.3 is 24.7 Å². The summed E-state index contributed by atoms with van der Waals surface area (Å²) < 4.78 is 1.95. The van der Waals surface area contributed by atoms with Crippen LogP contribution in [0, 0.1) is 12.8 Å². The Morgan fingerprint density at radius 3 is 2.39 bits per heavy atom. The summed E-state index contributed by atoms with van der Waals surface area (Å²) >= 11 is 0. The number of aromatic amines is 1. The Morgan fingerprint density at radius 2 is 1.75 bits per heavy atom. The van der Waals surface area contributed by atoms with Gasteiger partial charge in [-0.2, -0.15) is 0 Å². The monoisotopic (exact) mass is 500 g/mol. The molecule has 0 radical (unpaired) electrons. The highest BCUT2D eigenvalue weighted by atomic mass is 16.3. The average molecular weight is 501 g/mol. The Bertz CT molecular complexity index is 1190. The van der Waals surface area contributed by atoms with Gasteiger partial charge in [0.1, 0.15) is 5.56 Å². The van der Waals surface area contributed by atoms with Gasteiger partial charge in [0.25, 0.3) is 24.4 Å². The molecule has 3 aliphatic heterocycles. The quantitative estimate of drug-likeness (QED) is 0.530. The zero-order chi connectivity index (χ0) is 26.2.